The molecule has 4 nitrogen and oxygen atoms in total. The smallest absolute Gasteiger partial charge is 0.306 e. The topological polar surface area (TPSA) is 58.6 Å². The van der Waals surface area contributed by atoms with Crippen LogP contribution in [0.2, 0.25) is 0 Å². The Bertz CT molecular complexity index is 573. The number of aliphatic hydroxyl groups is 1. The number of rotatable bonds is 21. The minimum Gasteiger partial charge on any atom is -0.459 e. The van der Waals surface area contributed by atoms with Gasteiger partial charge in [0, 0.05) is 19.5 Å². The molecule has 0 fully saturated rings. The lowest BCUT2D eigenvalue weighted by Gasteiger charge is -2.16. The van der Waals surface area contributed by atoms with E-state index in [1.165, 1.54) is 76.2 Å². The van der Waals surface area contributed by atoms with Gasteiger partial charge in [-0.3, -0.25) is 4.79 Å². The Labute approximate surface area is 196 Å². The second-order valence-electron chi connectivity index (χ2n) is 8.75. The van der Waals surface area contributed by atoms with Crippen molar-refractivity contribution in [2.45, 2.75) is 109 Å². The molecule has 0 aliphatic rings. The fourth-order valence-electron chi connectivity index (χ4n) is 3.70. The molecule has 182 valence electrons. The molecule has 1 unspecified atom stereocenters. The molecule has 0 saturated carbocycles. The van der Waals surface area contributed by atoms with Gasteiger partial charge in [0.05, 0.1) is 6.61 Å². The Hall–Kier alpha value is -1.65. The number of ether oxygens (including phenoxy) is 1. The largest absolute Gasteiger partial charge is 0.459 e. The quantitative estimate of drug-likeness (QED) is 0.125. The molecule has 0 aromatic heterocycles. The summed E-state index contributed by atoms with van der Waals surface area (Å²) in [4.78, 5) is 12.0. The van der Waals surface area contributed by atoms with Gasteiger partial charge in [0.25, 0.3) is 0 Å². The molecule has 32 heavy (non-hydrogen) atoms. The van der Waals surface area contributed by atoms with Gasteiger partial charge in [0.1, 0.15) is 6.10 Å². The van der Waals surface area contributed by atoms with Crippen molar-refractivity contribution in [3.63, 3.8) is 0 Å². The van der Waals surface area contributed by atoms with Crippen molar-refractivity contribution in [3.8, 4) is 0 Å². The first-order valence-electron chi connectivity index (χ1n) is 13.0. The summed E-state index contributed by atoms with van der Waals surface area (Å²) in [5.74, 6) is -0.205. The summed E-state index contributed by atoms with van der Waals surface area (Å²) in [5, 5.41) is 12.7. The third-order valence-corrected chi connectivity index (χ3v) is 5.69. The number of carbonyl (C=O) groups excluding carboxylic acids is 1. The van der Waals surface area contributed by atoms with Gasteiger partial charge in [-0.2, -0.15) is 0 Å². The lowest BCUT2D eigenvalue weighted by atomic mass is 10.1. The van der Waals surface area contributed by atoms with Crippen LogP contribution in [0.5, 0.6) is 0 Å². The number of esters is 1. The van der Waals surface area contributed by atoms with E-state index in [0.717, 1.165) is 12.8 Å². The molecule has 0 heterocycles. The van der Waals surface area contributed by atoms with E-state index in [2.05, 4.69) is 24.4 Å². The summed E-state index contributed by atoms with van der Waals surface area (Å²) in [6.45, 7) is 3.27. The maximum atomic E-state index is 12.0. The van der Waals surface area contributed by atoms with Crippen molar-refractivity contribution in [2.75, 3.05) is 13.2 Å². The zero-order valence-corrected chi connectivity index (χ0v) is 20.4. The Balaban J connectivity index is 1.92. The van der Waals surface area contributed by atoms with Crippen LogP contribution in [0.3, 0.4) is 0 Å². The van der Waals surface area contributed by atoms with Gasteiger partial charge in [-0.1, -0.05) is 101 Å². The molecule has 1 rings (SSSR count). The van der Waals surface area contributed by atoms with E-state index in [-0.39, 0.29) is 12.6 Å². The highest BCUT2D eigenvalue weighted by Crippen LogP contribution is 2.10. The number of aliphatic hydroxyl groups excluding tert-OH is 1. The number of carbonyl (C=O) groups is 1. The second kappa shape index (κ2) is 21.2. The molecule has 0 amide bonds. The van der Waals surface area contributed by atoms with E-state index in [1.54, 1.807) is 0 Å². The van der Waals surface area contributed by atoms with Crippen molar-refractivity contribution in [2.24, 2.45) is 0 Å². The maximum Gasteiger partial charge on any atom is 0.306 e. The standard InChI is InChI=1S/C28H47NO3/c1-2-3-4-5-6-7-8-9-10-11-12-13-14-15-19-22-28(31)32-27(25-30)24-29-23-26-20-17-16-18-21-26/h9-10,16-18,20-21,27,29-30H,2-8,11-15,19,22-25H2,1H3/b10-9-. The van der Waals surface area contributed by atoms with E-state index >= 15 is 0 Å². The summed E-state index contributed by atoms with van der Waals surface area (Å²) in [7, 11) is 0. The van der Waals surface area contributed by atoms with Gasteiger partial charge >= 0.3 is 5.97 Å². The predicted molar refractivity (Wildman–Crippen MR) is 135 cm³/mol. The van der Waals surface area contributed by atoms with Gasteiger partial charge in [0.2, 0.25) is 0 Å². The third kappa shape index (κ3) is 17.0. The van der Waals surface area contributed by atoms with Gasteiger partial charge in [-0.15, -0.1) is 0 Å². The van der Waals surface area contributed by atoms with Crippen LogP contribution in [0.15, 0.2) is 42.5 Å². The van der Waals surface area contributed by atoms with E-state index in [1.807, 2.05) is 30.3 Å². The van der Waals surface area contributed by atoms with Crippen molar-refractivity contribution in [1.82, 2.24) is 5.32 Å². The summed E-state index contributed by atoms with van der Waals surface area (Å²) in [6.07, 6.45) is 20.8. The fourth-order valence-corrected chi connectivity index (χ4v) is 3.70. The van der Waals surface area contributed by atoms with Crippen LogP contribution in [0.1, 0.15) is 102 Å². The summed E-state index contributed by atoms with van der Waals surface area (Å²) < 4.78 is 5.40. The van der Waals surface area contributed by atoms with E-state index in [9.17, 15) is 9.90 Å². The average molecular weight is 446 g/mol. The Kier molecular flexibility index (Phi) is 18.8. The molecule has 1 atom stereocenters. The molecule has 0 aliphatic carbocycles. The average Bonchev–Trinajstić information content (AvgIpc) is 2.81. The van der Waals surface area contributed by atoms with Crippen LogP contribution in [-0.2, 0) is 16.1 Å². The molecule has 0 aliphatic heterocycles. The lowest BCUT2D eigenvalue weighted by Crippen LogP contribution is -2.33. The van der Waals surface area contributed by atoms with E-state index in [4.69, 9.17) is 4.74 Å². The number of hydrogen-bond acceptors (Lipinski definition) is 4. The van der Waals surface area contributed by atoms with Crippen LogP contribution < -0.4 is 5.32 Å². The molecule has 0 saturated heterocycles. The fraction of sp³-hybridized carbons (Fsp3) is 0.679. The van der Waals surface area contributed by atoms with E-state index < -0.39 is 6.10 Å². The zero-order chi connectivity index (χ0) is 23.1. The highest BCUT2D eigenvalue weighted by molar-refractivity contribution is 5.69. The maximum absolute atomic E-state index is 12.0. The summed E-state index contributed by atoms with van der Waals surface area (Å²) in [5.41, 5.74) is 1.17. The van der Waals surface area contributed by atoms with Crippen LogP contribution >= 0.6 is 0 Å². The summed E-state index contributed by atoms with van der Waals surface area (Å²) >= 11 is 0. The molecule has 1 aromatic rings. The van der Waals surface area contributed by atoms with E-state index in [0.29, 0.717) is 19.5 Å². The molecule has 0 bridgehead atoms. The lowest BCUT2D eigenvalue weighted by molar-refractivity contribution is -0.151. The predicted octanol–water partition coefficient (Wildman–Crippen LogP) is 6.72. The van der Waals surface area contributed by atoms with Crippen LogP contribution in [-0.4, -0.2) is 30.3 Å². The first-order valence-corrected chi connectivity index (χ1v) is 13.0. The molecular formula is C28H47NO3. The minimum atomic E-state index is -0.477. The van der Waals surface area contributed by atoms with Crippen molar-refractivity contribution in [1.29, 1.82) is 0 Å². The SMILES string of the molecule is CCCCCCCC/C=C\CCCCCCCC(=O)OC(CO)CNCc1ccccc1. The van der Waals surface area contributed by atoms with Gasteiger partial charge in [0.15, 0.2) is 0 Å². The molecule has 4 heteroatoms. The number of nitrogens with one attached hydrogen (secondary N) is 1. The normalized spacial score (nSPS) is 12.3. The molecule has 1 aromatic carbocycles. The van der Waals surface area contributed by atoms with Crippen LogP contribution in [0.4, 0.5) is 0 Å². The highest BCUT2D eigenvalue weighted by Gasteiger charge is 2.13. The number of benzene rings is 1. The highest BCUT2D eigenvalue weighted by atomic mass is 16.6. The van der Waals surface area contributed by atoms with Gasteiger partial charge < -0.3 is 15.2 Å². The minimum absolute atomic E-state index is 0.153. The number of allylic oxidation sites excluding steroid dienone is 2. The zero-order valence-electron chi connectivity index (χ0n) is 20.4. The first-order chi connectivity index (χ1) is 15.8. The second-order valence-corrected chi connectivity index (χ2v) is 8.75. The van der Waals surface area contributed by atoms with Crippen LogP contribution in [0.25, 0.3) is 0 Å². The molecule has 0 radical (unpaired) electrons. The van der Waals surface area contributed by atoms with Crippen LogP contribution in [0, 0.1) is 0 Å². The van der Waals surface area contributed by atoms with Crippen molar-refractivity contribution in [3.05, 3.63) is 48.0 Å². The van der Waals surface area contributed by atoms with Crippen molar-refractivity contribution >= 4 is 5.97 Å². The molecule has 0 spiro atoms. The number of hydrogen-bond donors (Lipinski definition) is 2. The van der Waals surface area contributed by atoms with Gasteiger partial charge in [-0.05, 0) is 37.7 Å². The van der Waals surface area contributed by atoms with Gasteiger partial charge in [-0.25, -0.2) is 0 Å². The Morgan fingerprint density at radius 1 is 0.906 bits per heavy atom. The van der Waals surface area contributed by atoms with Crippen molar-refractivity contribution < 1.29 is 14.6 Å². The Morgan fingerprint density at radius 2 is 1.50 bits per heavy atom. The summed E-state index contributed by atoms with van der Waals surface area (Å²) in [6, 6.07) is 10.1. The molecule has 2 N–H and O–H groups in total. The Morgan fingerprint density at radius 3 is 2.12 bits per heavy atom. The first kappa shape index (κ1) is 28.4. The monoisotopic (exact) mass is 445 g/mol. The molecular weight excluding hydrogens is 398 g/mol. The third-order valence-electron chi connectivity index (χ3n) is 5.69. The number of unbranched alkanes of at least 4 members (excludes halogenated alkanes) is 11.